The summed E-state index contributed by atoms with van der Waals surface area (Å²) in [7, 11) is 0. The summed E-state index contributed by atoms with van der Waals surface area (Å²) in [5, 5.41) is 14.8. The fourth-order valence-corrected chi connectivity index (χ4v) is 2.07. The van der Waals surface area contributed by atoms with Crippen LogP contribution in [-0.2, 0) is 6.42 Å². The number of non-ortho nitro benzene ring substituents is 1. The molecule has 1 heterocycles. The predicted octanol–water partition coefficient (Wildman–Crippen LogP) is 3.60. The van der Waals surface area contributed by atoms with Gasteiger partial charge in [-0.15, -0.1) is 19.0 Å². The van der Waals surface area contributed by atoms with Crippen molar-refractivity contribution >= 4 is 30.1 Å². The minimum Gasteiger partial charge on any atom is -0.261 e. The maximum Gasteiger partial charge on any atom is 0.269 e. The lowest BCUT2D eigenvalue weighted by molar-refractivity contribution is -0.384. The zero-order valence-electron chi connectivity index (χ0n) is 13.4. The molecular weight excluding hydrogens is 330 g/mol. The molecule has 8 heteroatoms. The Labute approximate surface area is 146 Å². The number of halogens is 1. The van der Waals surface area contributed by atoms with Gasteiger partial charge in [-0.25, -0.2) is 9.97 Å². The highest BCUT2D eigenvalue weighted by Gasteiger charge is 2.08. The third-order valence-electron chi connectivity index (χ3n) is 3.16. The number of rotatable bonds is 6. The van der Waals surface area contributed by atoms with E-state index in [4.69, 9.17) is 0 Å². The molecule has 0 fully saturated rings. The van der Waals surface area contributed by atoms with Crippen LogP contribution in [0.2, 0.25) is 0 Å². The molecule has 1 N–H and O–H groups in total. The number of anilines is 1. The van der Waals surface area contributed by atoms with Gasteiger partial charge in [0.2, 0.25) is 0 Å². The molecule has 0 amide bonds. The largest absolute Gasteiger partial charge is 0.269 e. The fourth-order valence-electron chi connectivity index (χ4n) is 2.07. The van der Waals surface area contributed by atoms with Crippen molar-refractivity contribution in [3.05, 3.63) is 69.7 Å². The summed E-state index contributed by atoms with van der Waals surface area (Å²) < 4.78 is 0. The summed E-state index contributed by atoms with van der Waals surface area (Å²) in [6, 6.07) is 6.13. The lowest BCUT2D eigenvalue weighted by atomic mass is 10.1. The summed E-state index contributed by atoms with van der Waals surface area (Å²) in [4.78, 5) is 18.9. The van der Waals surface area contributed by atoms with E-state index in [1.54, 1.807) is 24.4 Å². The van der Waals surface area contributed by atoms with Gasteiger partial charge in [0, 0.05) is 23.4 Å². The average molecular weight is 348 g/mol. The van der Waals surface area contributed by atoms with E-state index in [0.29, 0.717) is 18.1 Å². The third kappa shape index (κ3) is 4.85. The van der Waals surface area contributed by atoms with E-state index < -0.39 is 4.92 Å². The van der Waals surface area contributed by atoms with Crippen LogP contribution in [0.3, 0.4) is 0 Å². The minimum atomic E-state index is -0.437. The van der Waals surface area contributed by atoms with Crippen LogP contribution in [0.4, 0.5) is 11.5 Å². The average Bonchev–Trinajstić information content (AvgIpc) is 2.51. The second-order valence-corrected chi connectivity index (χ2v) is 4.89. The maximum absolute atomic E-state index is 10.6. The molecule has 1 aromatic heterocycles. The first-order valence-corrected chi connectivity index (χ1v) is 7.00. The standard InChI is InChI=1S/C16H17N5O2.ClH/c1-4-5-15-11(2)18-12(3)19-16(15)20-17-10-13-6-8-14(9-7-13)21(22)23;/h4,6-10H,1,5H2,2-3H3,(H,18,19,20);1H. The van der Waals surface area contributed by atoms with Crippen molar-refractivity contribution in [2.24, 2.45) is 5.10 Å². The van der Waals surface area contributed by atoms with Gasteiger partial charge in [-0.05, 0) is 38.0 Å². The fraction of sp³-hybridized carbons (Fsp3) is 0.188. The van der Waals surface area contributed by atoms with Crippen molar-refractivity contribution in [1.82, 2.24) is 9.97 Å². The second kappa shape index (κ2) is 8.73. The Morgan fingerprint density at radius 3 is 2.54 bits per heavy atom. The number of benzene rings is 1. The molecule has 2 rings (SSSR count). The first kappa shape index (κ1) is 19.2. The number of hydrogen-bond donors (Lipinski definition) is 1. The molecule has 7 nitrogen and oxygen atoms in total. The highest BCUT2D eigenvalue weighted by Crippen LogP contribution is 2.17. The molecule has 24 heavy (non-hydrogen) atoms. The SMILES string of the molecule is C=CCc1c(C)nc(C)nc1NN=Cc1ccc([N+](=O)[O-])cc1.Cl. The molecule has 0 unspecified atom stereocenters. The molecule has 0 saturated carbocycles. The molecule has 0 aliphatic rings. The number of nitrogens with zero attached hydrogens (tertiary/aromatic N) is 4. The molecule has 0 spiro atoms. The van der Waals surface area contributed by atoms with Gasteiger partial charge < -0.3 is 0 Å². The van der Waals surface area contributed by atoms with Crippen LogP contribution in [0.25, 0.3) is 0 Å². The summed E-state index contributed by atoms with van der Waals surface area (Å²) in [5.74, 6) is 1.29. The van der Waals surface area contributed by atoms with Gasteiger partial charge in [-0.3, -0.25) is 15.5 Å². The predicted molar refractivity (Wildman–Crippen MR) is 97.0 cm³/mol. The summed E-state index contributed by atoms with van der Waals surface area (Å²) in [6.07, 6.45) is 4.00. The Balaban J connectivity index is 0.00000288. The molecule has 0 bridgehead atoms. The summed E-state index contributed by atoms with van der Waals surface area (Å²) in [6.45, 7) is 7.46. The molecule has 126 valence electrons. The normalized spacial score (nSPS) is 10.2. The van der Waals surface area contributed by atoms with Crippen molar-refractivity contribution in [3.8, 4) is 0 Å². The number of nitro groups is 1. The van der Waals surface area contributed by atoms with Crippen LogP contribution in [-0.4, -0.2) is 21.1 Å². The highest BCUT2D eigenvalue weighted by atomic mass is 35.5. The number of hydrazone groups is 1. The van der Waals surface area contributed by atoms with Crippen molar-refractivity contribution in [2.75, 3.05) is 5.43 Å². The first-order valence-electron chi connectivity index (χ1n) is 7.00. The zero-order chi connectivity index (χ0) is 16.8. The quantitative estimate of drug-likeness (QED) is 0.373. The lowest BCUT2D eigenvalue weighted by Gasteiger charge is -2.09. The van der Waals surface area contributed by atoms with Crippen LogP contribution in [0.5, 0.6) is 0 Å². The molecule has 0 aliphatic heterocycles. The van der Waals surface area contributed by atoms with E-state index in [1.807, 2.05) is 13.8 Å². The molecule has 1 aromatic carbocycles. The second-order valence-electron chi connectivity index (χ2n) is 4.89. The van der Waals surface area contributed by atoms with Gasteiger partial charge in [-0.1, -0.05) is 6.08 Å². The van der Waals surface area contributed by atoms with Gasteiger partial charge >= 0.3 is 0 Å². The van der Waals surface area contributed by atoms with Crippen LogP contribution in [0.1, 0.15) is 22.6 Å². The zero-order valence-corrected chi connectivity index (χ0v) is 14.2. The molecule has 2 aromatic rings. The Kier molecular flexibility index (Phi) is 7.00. The van der Waals surface area contributed by atoms with E-state index in [1.165, 1.54) is 12.1 Å². The number of allylic oxidation sites excluding steroid dienone is 1. The van der Waals surface area contributed by atoms with E-state index in [9.17, 15) is 10.1 Å². The molecule has 0 aliphatic carbocycles. The number of aromatic nitrogens is 2. The van der Waals surface area contributed by atoms with Gasteiger partial charge in [0.1, 0.15) is 5.82 Å². The third-order valence-corrected chi connectivity index (χ3v) is 3.16. The Bertz CT molecular complexity index is 760. The molecule has 0 saturated heterocycles. The van der Waals surface area contributed by atoms with E-state index in [2.05, 4.69) is 27.1 Å². The van der Waals surface area contributed by atoms with Crippen LogP contribution in [0, 0.1) is 24.0 Å². The molecular formula is C16H18ClN5O2. The Hall–Kier alpha value is -2.80. The van der Waals surface area contributed by atoms with E-state index in [-0.39, 0.29) is 18.1 Å². The summed E-state index contributed by atoms with van der Waals surface area (Å²) in [5.41, 5.74) is 5.51. The van der Waals surface area contributed by atoms with Gasteiger partial charge in [0.25, 0.3) is 5.69 Å². The molecule has 0 radical (unpaired) electrons. The number of nitrogens with one attached hydrogen (secondary N) is 1. The number of nitro benzene ring substituents is 1. The van der Waals surface area contributed by atoms with Crippen molar-refractivity contribution in [2.45, 2.75) is 20.3 Å². The topological polar surface area (TPSA) is 93.3 Å². The van der Waals surface area contributed by atoms with Crippen molar-refractivity contribution in [1.29, 1.82) is 0 Å². The van der Waals surface area contributed by atoms with E-state index >= 15 is 0 Å². The van der Waals surface area contributed by atoms with Crippen molar-refractivity contribution < 1.29 is 4.92 Å². The lowest BCUT2D eigenvalue weighted by Crippen LogP contribution is -2.05. The van der Waals surface area contributed by atoms with Crippen molar-refractivity contribution in [3.63, 3.8) is 0 Å². The number of hydrogen-bond acceptors (Lipinski definition) is 6. The number of aryl methyl sites for hydroxylation is 2. The minimum absolute atomic E-state index is 0. The van der Waals surface area contributed by atoms with Crippen LogP contribution >= 0.6 is 12.4 Å². The first-order chi connectivity index (χ1) is 11.0. The van der Waals surface area contributed by atoms with Gasteiger partial charge in [0.15, 0.2) is 5.82 Å². The monoisotopic (exact) mass is 347 g/mol. The maximum atomic E-state index is 10.6. The molecule has 0 atom stereocenters. The van der Waals surface area contributed by atoms with E-state index in [0.717, 1.165) is 16.8 Å². The van der Waals surface area contributed by atoms with Crippen LogP contribution < -0.4 is 5.43 Å². The van der Waals surface area contributed by atoms with Gasteiger partial charge in [-0.2, -0.15) is 5.10 Å². The van der Waals surface area contributed by atoms with Gasteiger partial charge in [0.05, 0.1) is 11.1 Å². The summed E-state index contributed by atoms with van der Waals surface area (Å²) >= 11 is 0. The Morgan fingerprint density at radius 1 is 1.29 bits per heavy atom. The smallest absolute Gasteiger partial charge is 0.261 e. The highest BCUT2D eigenvalue weighted by molar-refractivity contribution is 5.85. The Morgan fingerprint density at radius 2 is 1.96 bits per heavy atom. The van der Waals surface area contributed by atoms with Crippen LogP contribution in [0.15, 0.2) is 42.0 Å².